The van der Waals surface area contributed by atoms with E-state index in [1.165, 1.54) is 40.6 Å². The number of aryl methyl sites for hydroxylation is 1. The molecule has 2 aromatic rings. The molecule has 3 aliphatic rings. The molecule has 0 radical (unpaired) electrons. The van der Waals surface area contributed by atoms with Crippen molar-refractivity contribution in [3.8, 4) is 0 Å². The molecule has 0 spiro atoms. The van der Waals surface area contributed by atoms with Crippen LogP contribution in [0.3, 0.4) is 0 Å². The van der Waals surface area contributed by atoms with Crippen molar-refractivity contribution in [1.29, 1.82) is 0 Å². The molecule has 1 aromatic carbocycles. The van der Waals surface area contributed by atoms with E-state index in [1.54, 1.807) is 11.3 Å². The zero-order valence-corrected chi connectivity index (χ0v) is 19.0. The Morgan fingerprint density at radius 1 is 1.28 bits per heavy atom. The minimum atomic E-state index is -0.891. The van der Waals surface area contributed by atoms with Gasteiger partial charge in [0, 0.05) is 43.2 Å². The Morgan fingerprint density at radius 3 is 2.81 bits per heavy atom. The number of benzene rings is 1. The number of nitrogens with zero attached hydrogens (tertiary/aromatic N) is 2. The molecule has 5 nitrogen and oxygen atoms in total. The number of nitrogens with one attached hydrogen (secondary N) is 1. The molecule has 1 saturated carbocycles. The molecule has 0 saturated heterocycles. The van der Waals surface area contributed by atoms with Crippen molar-refractivity contribution in [2.45, 2.75) is 38.1 Å². The number of nitrogens with two attached hydrogens (primary N) is 1. The van der Waals surface area contributed by atoms with E-state index in [0.717, 1.165) is 38.1 Å². The number of carbonyl (C=O) groups excluding carboxylic acids is 1. The first-order chi connectivity index (χ1) is 15.4. The summed E-state index contributed by atoms with van der Waals surface area (Å²) in [7, 11) is 2.14. The first-order valence-electron chi connectivity index (χ1n) is 11.2. The summed E-state index contributed by atoms with van der Waals surface area (Å²) in [6.45, 7) is 2.19. The highest BCUT2D eigenvalue weighted by molar-refractivity contribution is 7.14. The molecule has 1 aliphatic carbocycles. The van der Waals surface area contributed by atoms with Gasteiger partial charge in [-0.1, -0.05) is 6.07 Å². The van der Waals surface area contributed by atoms with Crippen molar-refractivity contribution in [2.24, 2.45) is 11.7 Å². The Kier molecular flexibility index (Phi) is 5.77. The normalized spacial score (nSPS) is 19.6. The van der Waals surface area contributed by atoms with Gasteiger partial charge in [0.05, 0.1) is 10.6 Å². The number of amides is 1. The summed E-state index contributed by atoms with van der Waals surface area (Å²) in [5, 5.41) is 7.69. The number of hydrogen-bond donors (Lipinski definition) is 2. The Balaban J connectivity index is 1.37. The van der Waals surface area contributed by atoms with Crippen LogP contribution in [0.4, 0.5) is 8.78 Å². The molecule has 2 aliphatic heterocycles. The van der Waals surface area contributed by atoms with Crippen molar-refractivity contribution >= 4 is 22.9 Å². The van der Waals surface area contributed by atoms with Gasteiger partial charge in [0.15, 0.2) is 11.6 Å². The Labute approximate surface area is 190 Å². The minimum Gasteiger partial charge on any atom is -0.347 e. The highest BCUT2D eigenvalue weighted by Gasteiger charge is 2.39. The molecular weight excluding hydrogens is 430 g/mol. The molecule has 1 fully saturated rings. The largest absolute Gasteiger partial charge is 0.347 e. The van der Waals surface area contributed by atoms with Crippen molar-refractivity contribution < 1.29 is 13.6 Å². The summed E-state index contributed by atoms with van der Waals surface area (Å²) >= 11 is 1.56. The lowest BCUT2D eigenvalue weighted by Gasteiger charge is -2.27. The molecule has 1 atom stereocenters. The molecule has 32 heavy (non-hydrogen) atoms. The topological polar surface area (TPSA) is 61.6 Å². The van der Waals surface area contributed by atoms with Gasteiger partial charge in [-0.3, -0.25) is 4.79 Å². The molecule has 1 amide bonds. The van der Waals surface area contributed by atoms with Crippen molar-refractivity contribution in [3.63, 3.8) is 0 Å². The number of carbonyl (C=O) groups is 1. The number of fused-ring (bicyclic) bond motifs is 3. The third-order valence-electron chi connectivity index (χ3n) is 6.59. The van der Waals surface area contributed by atoms with Gasteiger partial charge in [-0.05, 0) is 67.4 Å². The lowest BCUT2D eigenvalue weighted by molar-refractivity contribution is 0.0940. The fraction of sp³-hybridized carbons (Fsp3) is 0.458. The lowest BCUT2D eigenvalue weighted by Crippen LogP contribution is -2.41. The van der Waals surface area contributed by atoms with Crippen LogP contribution in [-0.2, 0) is 12.8 Å². The van der Waals surface area contributed by atoms with E-state index < -0.39 is 11.6 Å². The summed E-state index contributed by atoms with van der Waals surface area (Å²) in [6.07, 6.45) is 4.89. The molecule has 3 heterocycles. The zero-order chi connectivity index (χ0) is 22.4. The lowest BCUT2D eigenvalue weighted by atomic mass is 10.0. The van der Waals surface area contributed by atoms with Crippen LogP contribution in [0.2, 0.25) is 0 Å². The third-order valence-corrected chi connectivity index (χ3v) is 7.78. The average Bonchev–Trinajstić information content (AvgIpc) is 3.49. The predicted octanol–water partition coefficient (Wildman–Crippen LogP) is 3.56. The van der Waals surface area contributed by atoms with Crippen molar-refractivity contribution in [2.75, 3.05) is 26.7 Å². The van der Waals surface area contributed by atoms with Crippen LogP contribution in [-0.4, -0.2) is 48.6 Å². The van der Waals surface area contributed by atoms with Crippen LogP contribution in [0.5, 0.6) is 0 Å². The maximum Gasteiger partial charge on any atom is 0.261 e. The van der Waals surface area contributed by atoms with E-state index in [4.69, 9.17) is 5.73 Å². The van der Waals surface area contributed by atoms with Crippen LogP contribution in [0.1, 0.15) is 44.9 Å². The van der Waals surface area contributed by atoms with E-state index in [0.29, 0.717) is 22.8 Å². The zero-order valence-electron chi connectivity index (χ0n) is 18.2. The number of thiophene rings is 1. The van der Waals surface area contributed by atoms with Crippen LogP contribution in [0.25, 0.3) is 5.70 Å². The predicted molar refractivity (Wildman–Crippen MR) is 122 cm³/mol. The van der Waals surface area contributed by atoms with Crippen LogP contribution in [0, 0.1) is 17.6 Å². The Morgan fingerprint density at radius 2 is 2.09 bits per heavy atom. The number of hydrogen-bond acceptors (Lipinski definition) is 5. The van der Waals surface area contributed by atoms with Gasteiger partial charge in [-0.25, -0.2) is 13.8 Å². The number of rotatable bonds is 6. The monoisotopic (exact) mass is 458 g/mol. The van der Waals surface area contributed by atoms with E-state index in [9.17, 15) is 13.6 Å². The first kappa shape index (κ1) is 21.6. The smallest absolute Gasteiger partial charge is 0.261 e. The summed E-state index contributed by atoms with van der Waals surface area (Å²) in [4.78, 5) is 15.0. The average molecular weight is 459 g/mol. The first-order valence-corrected chi connectivity index (χ1v) is 12.1. The maximum absolute atomic E-state index is 13.5. The SMILES string of the molecule is CN1CC(C2CC2)=C2c3cc(C(=O)NC(CN)Cc4ccc(F)c(F)c4)sc3CCCN21. The maximum atomic E-state index is 13.5. The highest BCUT2D eigenvalue weighted by Crippen LogP contribution is 2.47. The fourth-order valence-electron chi connectivity index (χ4n) is 4.81. The van der Waals surface area contributed by atoms with E-state index >= 15 is 0 Å². The molecule has 5 rings (SSSR count). The second kappa shape index (κ2) is 8.57. The fourth-order valence-corrected chi connectivity index (χ4v) is 5.91. The van der Waals surface area contributed by atoms with Gasteiger partial charge >= 0.3 is 0 Å². The third kappa shape index (κ3) is 4.07. The Hall–Kier alpha value is -2.29. The van der Waals surface area contributed by atoms with Gasteiger partial charge in [0.25, 0.3) is 5.91 Å². The van der Waals surface area contributed by atoms with E-state index in [2.05, 4.69) is 22.4 Å². The number of hydrazine groups is 1. The molecule has 3 N–H and O–H groups in total. The second-order valence-corrected chi connectivity index (χ2v) is 10.1. The highest BCUT2D eigenvalue weighted by atomic mass is 32.1. The summed E-state index contributed by atoms with van der Waals surface area (Å²) in [5.74, 6) is -1.25. The minimum absolute atomic E-state index is 0.160. The molecule has 170 valence electrons. The molecule has 1 aromatic heterocycles. The van der Waals surface area contributed by atoms with Crippen LogP contribution in [0.15, 0.2) is 29.8 Å². The van der Waals surface area contributed by atoms with E-state index in [1.807, 2.05) is 6.07 Å². The van der Waals surface area contributed by atoms with Crippen molar-refractivity contribution in [3.05, 3.63) is 62.4 Å². The summed E-state index contributed by atoms with van der Waals surface area (Å²) in [6, 6.07) is 5.47. The van der Waals surface area contributed by atoms with Gasteiger partial charge in [-0.15, -0.1) is 11.3 Å². The molecule has 1 unspecified atom stereocenters. The van der Waals surface area contributed by atoms with Gasteiger partial charge in [0.1, 0.15) is 0 Å². The van der Waals surface area contributed by atoms with Crippen molar-refractivity contribution in [1.82, 2.24) is 15.3 Å². The molecule has 0 bridgehead atoms. The molecular formula is C24H28F2N4OS. The van der Waals surface area contributed by atoms with Gasteiger partial charge < -0.3 is 16.1 Å². The van der Waals surface area contributed by atoms with Crippen LogP contribution < -0.4 is 11.1 Å². The van der Waals surface area contributed by atoms with E-state index in [-0.39, 0.29) is 18.5 Å². The summed E-state index contributed by atoms with van der Waals surface area (Å²) < 4.78 is 26.8. The standard InChI is InChI=1S/C24H28F2N4OS/c1-29-13-18(15-5-6-15)23-17-11-22(32-21(17)3-2-8-30(23)29)24(31)28-16(12-27)9-14-4-7-19(25)20(26)10-14/h4,7,10-11,15-16H,2-3,5-6,8-9,12-13,27H2,1H3,(H,28,31). The summed E-state index contributed by atoms with van der Waals surface area (Å²) in [5.41, 5.74) is 10.5. The Bertz CT molecular complexity index is 1080. The quantitative estimate of drug-likeness (QED) is 0.695. The number of likely N-dealkylation sites (N-methyl/N-ethyl adjacent to an activating group) is 1. The molecule has 8 heteroatoms. The van der Waals surface area contributed by atoms with Gasteiger partial charge in [0.2, 0.25) is 0 Å². The second-order valence-electron chi connectivity index (χ2n) is 9.00. The van der Waals surface area contributed by atoms with Crippen LogP contribution >= 0.6 is 11.3 Å². The van der Waals surface area contributed by atoms with Gasteiger partial charge in [-0.2, -0.15) is 0 Å². The number of halogens is 2.